The van der Waals surface area contributed by atoms with Gasteiger partial charge in [0.05, 0.1) is 11.2 Å². The number of para-hydroxylation sites is 1. The minimum absolute atomic E-state index is 0.0271. The minimum atomic E-state index is -0.489. The van der Waals surface area contributed by atoms with Crippen molar-refractivity contribution in [2.24, 2.45) is 0 Å². The predicted octanol–water partition coefficient (Wildman–Crippen LogP) is 16.5. The van der Waals surface area contributed by atoms with Crippen LogP contribution < -0.4 is 9.80 Å². The molecule has 0 fully saturated rings. The first-order chi connectivity index (χ1) is 29.7. The van der Waals surface area contributed by atoms with Crippen LogP contribution in [0.2, 0.25) is 0 Å². The van der Waals surface area contributed by atoms with Gasteiger partial charge in [-0.1, -0.05) is 167 Å². The quantitative estimate of drug-likeness (QED) is 0.120. The van der Waals surface area contributed by atoms with Gasteiger partial charge in [-0.2, -0.15) is 0 Å². The van der Waals surface area contributed by atoms with Gasteiger partial charge in [-0.05, 0) is 143 Å². The van der Waals surface area contributed by atoms with Gasteiger partial charge < -0.3 is 9.80 Å². The first-order valence-electron chi connectivity index (χ1n) is 22.0. The summed E-state index contributed by atoms with van der Waals surface area (Å²) < 4.78 is 0. The highest BCUT2D eigenvalue weighted by molar-refractivity contribution is 6.12. The molecule has 7 aromatic rings. The number of nitrogens with zero attached hydrogens (tertiary/aromatic N) is 2. The predicted molar refractivity (Wildman–Crippen MR) is 263 cm³/mol. The van der Waals surface area contributed by atoms with Gasteiger partial charge in [-0.15, -0.1) is 0 Å². The molecule has 0 saturated heterocycles. The Kier molecular flexibility index (Phi) is 10.7. The molecule has 61 heavy (non-hydrogen) atoms. The monoisotopic (exact) mass is 792 g/mol. The summed E-state index contributed by atoms with van der Waals surface area (Å²) in [5.74, 6) is 0.924. The third-order valence-electron chi connectivity index (χ3n) is 12.9. The van der Waals surface area contributed by atoms with Crippen molar-refractivity contribution < 1.29 is 0 Å². The highest BCUT2D eigenvalue weighted by Crippen LogP contribution is 2.56. The third kappa shape index (κ3) is 7.14. The van der Waals surface area contributed by atoms with Crippen molar-refractivity contribution in [3.63, 3.8) is 0 Å². The molecule has 2 aliphatic rings. The van der Waals surface area contributed by atoms with Gasteiger partial charge in [0.15, 0.2) is 0 Å². The van der Waals surface area contributed by atoms with Crippen LogP contribution in [0.25, 0.3) is 33.5 Å². The van der Waals surface area contributed by atoms with Crippen LogP contribution in [0.1, 0.15) is 99.6 Å². The number of hydrogen-bond donors (Lipinski definition) is 0. The van der Waals surface area contributed by atoms with Gasteiger partial charge in [0.2, 0.25) is 0 Å². The molecule has 0 aromatic heterocycles. The molecule has 0 radical (unpaired) electrons. The van der Waals surface area contributed by atoms with Gasteiger partial charge in [0.25, 0.3) is 0 Å². The van der Waals surface area contributed by atoms with Crippen molar-refractivity contribution in [3.05, 3.63) is 227 Å². The van der Waals surface area contributed by atoms with E-state index in [-0.39, 0.29) is 5.92 Å². The number of benzene rings is 7. The second-order valence-electron chi connectivity index (χ2n) is 17.5. The maximum Gasteiger partial charge on any atom is 0.0714 e. The lowest BCUT2D eigenvalue weighted by atomic mass is 9.65. The summed E-state index contributed by atoms with van der Waals surface area (Å²) in [7, 11) is 0. The lowest BCUT2D eigenvalue weighted by Crippen LogP contribution is -2.50. The highest BCUT2D eigenvalue weighted by atomic mass is 15.2. The van der Waals surface area contributed by atoms with E-state index < -0.39 is 5.54 Å². The Balaban J connectivity index is 1.38. The molecule has 2 heteroatoms. The molecular formula is C59H56N2. The van der Waals surface area contributed by atoms with Gasteiger partial charge >= 0.3 is 0 Å². The fraction of sp³-hybridized carbons (Fsp3) is 0.186. The zero-order valence-electron chi connectivity index (χ0n) is 36.6. The van der Waals surface area contributed by atoms with E-state index in [9.17, 15) is 0 Å². The number of rotatable bonds is 11. The van der Waals surface area contributed by atoms with Crippen molar-refractivity contribution >= 4 is 45.2 Å². The van der Waals surface area contributed by atoms with Crippen molar-refractivity contribution in [1.82, 2.24) is 0 Å². The molecule has 2 unspecified atom stereocenters. The summed E-state index contributed by atoms with van der Waals surface area (Å²) in [6.07, 6.45) is 14.1. The molecule has 0 spiro atoms. The molecule has 2 atom stereocenters. The molecule has 0 aliphatic heterocycles. The normalized spacial score (nSPS) is 17.0. The molecule has 9 rings (SSSR count). The zero-order valence-corrected chi connectivity index (χ0v) is 36.6. The Morgan fingerprint density at radius 3 is 1.77 bits per heavy atom. The molecule has 2 nitrogen and oxygen atoms in total. The average Bonchev–Trinajstić information content (AvgIpc) is 3.29. The Labute approximate surface area is 363 Å². The Morgan fingerprint density at radius 2 is 1.18 bits per heavy atom. The maximum atomic E-state index is 2.59. The van der Waals surface area contributed by atoms with E-state index in [0.717, 1.165) is 11.4 Å². The Hall–Kier alpha value is -6.64. The fourth-order valence-electron chi connectivity index (χ4n) is 9.81. The standard InChI is InChI=1S/C59H56N2/c1-8-9-19-42(6)61(49-32-28-44(29-33-49)41(4)5)59(7)39-54(46-22-15-11-16-23-46)51-34-35-52-56(60(47-24-17-12-18-25-47)48-30-26-43(27-31-48)40(2)3)38-53(45-20-13-10-14-21-45)50-36-37-55(59)58(51)57(50)52/h8-41,55H,1-7H3/b9-8-,42-19+. The van der Waals surface area contributed by atoms with Crippen molar-refractivity contribution in [1.29, 1.82) is 0 Å². The van der Waals surface area contributed by atoms with Crippen LogP contribution in [0.5, 0.6) is 0 Å². The summed E-state index contributed by atoms with van der Waals surface area (Å²) in [4.78, 5) is 5.06. The molecular weight excluding hydrogens is 737 g/mol. The van der Waals surface area contributed by atoms with Crippen LogP contribution in [0.3, 0.4) is 0 Å². The van der Waals surface area contributed by atoms with Gasteiger partial charge in [0, 0.05) is 34.1 Å². The van der Waals surface area contributed by atoms with E-state index in [1.165, 1.54) is 77.9 Å². The van der Waals surface area contributed by atoms with Crippen molar-refractivity contribution in [2.45, 2.75) is 71.8 Å². The first-order valence-corrected chi connectivity index (χ1v) is 22.0. The lowest BCUT2D eigenvalue weighted by Gasteiger charge is -2.50. The molecule has 302 valence electrons. The fourth-order valence-corrected chi connectivity index (χ4v) is 9.81. The summed E-state index contributed by atoms with van der Waals surface area (Å²) in [5, 5.41) is 2.56. The van der Waals surface area contributed by atoms with Crippen LogP contribution in [0.15, 0.2) is 194 Å². The first kappa shape index (κ1) is 39.8. The van der Waals surface area contributed by atoms with Gasteiger partial charge in [-0.25, -0.2) is 0 Å². The van der Waals surface area contributed by atoms with Crippen LogP contribution in [-0.4, -0.2) is 5.54 Å². The summed E-state index contributed by atoms with van der Waals surface area (Å²) in [6.45, 7) is 15.9. The van der Waals surface area contributed by atoms with E-state index in [4.69, 9.17) is 0 Å². The van der Waals surface area contributed by atoms with Gasteiger partial charge in [-0.3, -0.25) is 0 Å². The van der Waals surface area contributed by atoms with Gasteiger partial charge in [0.1, 0.15) is 0 Å². The van der Waals surface area contributed by atoms with E-state index in [0.29, 0.717) is 11.8 Å². The molecule has 0 N–H and O–H groups in total. The molecule has 0 bridgehead atoms. The average molecular weight is 793 g/mol. The largest absolute Gasteiger partial charge is 0.335 e. The van der Waals surface area contributed by atoms with E-state index in [1.807, 2.05) is 0 Å². The van der Waals surface area contributed by atoms with Crippen LogP contribution in [0, 0.1) is 0 Å². The zero-order chi connectivity index (χ0) is 42.3. The summed E-state index contributed by atoms with van der Waals surface area (Å²) in [5.41, 5.74) is 16.9. The SMILES string of the molecule is C/C=C\C=C(/C)N(c1ccc(C(C)C)cc1)C1(C)C=C(c2ccccc2)c2ccc3c(N(c4ccccc4)c4ccc(C(C)C)cc4)cc(-c4ccccc4)c4c3c2C1C=C4. The van der Waals surface area contributed by atoms with Crippen molar-refractivity contribution in [2.75, 3.05) is 9.80 Å². The van der Waals surface area contributed by atoms with Crippen LogP contribution in [-0.2, 0) is 0 Å². The van der Waals surface area contributed by atoms with Crippen molar-refractivity contribution in [3.8, 4) is 11.1 Å². The topological polar surface area (TPSA) is 6.48 Å². The molecule has 0 heterocycles. The Morgan fingerprint density at radius 1 is 0.623 bits per heavy atom. The van der Waals surface area contributed by atoms with E-state index in [1.54, 1.807) is 0 Å². The molecule has 0 amide bonds. The molecule has 0 saturated carbocycles. The van der Waals surface area contributed by atoms with E-state index in [2.05, 4.69) is 252 Å². The molecule has 2 aliphatic carbocycles. The van der Waals surface area contributed by atoms with E-state index >= 15 is 0 Å². The second kappa shape index (κ2) is 16.4. The number of hydrogen-bond acceptors (Lipinski definition) is 2. The third-order valence-corrected chi connectivity index (χ3v) is 12.9. The smallest absolute Gasteiger partial charge is 0.0714 e. The van der Waals surface area contributed by atoms with Crippen LogP contribution >= 0.6 is 0 Å². The highest BCUT2D eigenvalue weighted by Gasteiger charge is 2.46. The minimum Gasteiger partial charge on any atom is -0.335 e. The summed E-state index contributed by atoms with van der Waals surface area (Å²) >= 11 is 0. The van der Waals surface area contributed by atoms with Crippen LogP contribution in [0.4, 0.5) is 22.7 Å². The number of allylic oxidation sites excluding steroid dienone is 4. The Bertz CT molecular complexity index is 2810. The number of anilines is 4. The second-order valence-corrected chi connectivity index (χ2v) is 17.5. The maximum absolute atomic E-state index is 2.59. The lowest BCUT2D eigenvalue weighted by molar-refractivity contribution is 0.493. The molecule has 7 aromatic carbocycles. The summed E-state index contributed by atoms with van der Waals surface area (Å²) in [6, 6.07) is 58.6.